The number of methoxy groups -OCH3 is 1. The third-order valence-electron chi connectivity index (χ3n) is 3.18. The van der Waals surface area contributed by atoms with Gasteiger partial charge < -0.3 is 20.0 Å². The molecular weight excluding hydrogens is 350 g/mol. The van der Waals surface area contributed by atoms with Crippen LogP contribution in [0.15, 0.2) is 47.4 Å². The van der Waals surface area contributed by atoms with Crippen molar-refractivity contribution in [3.8, 4) is 5.75 Å². The number of nitrogens with one attached hydrogen (secondary N) is 1. The van der Waals surface area contributed by atoms with E-state index in [4.69, 9.17) is 14.7 Å². The molecule has 0 unspecified atom stereocenters. The summed E-state index contributed by atoms with van der Waals surface area (Å²) in [7, 11) is -2.55. The van der Waals surface area contributed by atoms with Crippen LogP contribution in [0, 0.1) is 10.1 Å². The molecular formula is C15H17N3O6S. The lowest BCUT2D eigenvalue weighted by Crippen LogP contribution is -2.11. The van der Waals surface area contributed by atoms with Crippen molar-refractivity contribution in [3.63, 3.8) is 0 Å². The van der Waals surface area contributed by atoms with E-state index in [1.54, 1.807) is 19.2 Å². The van der Waals surface area contributed by atoms with Gasteiger partial charge in [-0.05, 0) is 36.4 Å². The molecule has 0 fully saturated rings. The number of hydrogen-bond donors (Lipinski definition) is 2. The fourth-order valence-corrected chi connectivity index (χ4v) is 2.87. The van der Waals surface area contributed by atoms with Gasteiger partial charge in [0.15, 0.2) is 0 Å². The summed E-state index contributed by atoms with van der Waals surface area (Å²) in [6, 6.07) is 9.33. The fraction of sp³-hybridized carbons (Fsp3) is 0.200. The maximum atomic E-state index is 12.3. The molecule has 0 amide bonds. The maximum Gasteiger partial charge on any atom is 0.339 e. The van der Waals surface area contributed by atoms with E-state index in [-0.39, 0.29) is 16.3 Å². The van der Waals surface area contributed by atoms with Crippen LogP contribution in [0.1, 0.15) is 0 Å². The highest BCUT2D eigenvalue weighted by Crippen LogP contribution is 2.28. The predicted octanol–water partition coefficient (Wildman–Crippen LogP) is 2.00. The van der Waals surface area contributed by atoms with Crippen LogP contribution in [0.25, 0.3) is 0 Å². The van der Waals surface area contributed by atoms with Gasteiger partial charge in [-0.3, -0.25) is 10.1 Å². The molecule has 0 saturated heterocycles. The number of anilines is 2. The summed E-state index contributed by atoms with van der Waals surface area (Å²) in [4.78, 5) is 10.1. The average Bonchev–Trinajstić information content (AvgIpc) is 2.57. The van der Waals surface area contributed by atoms with E-state index in [0.29, 0.717) is 13.2 Å². The van der Waals surface area contributed by atoms with Gasteiger partial charge >= 0.3 is 10.1 Å². The first-order valence-electron chi connectivity index (χ1n) is 7.15. The quantitative estimate of drug-likeness (QED) is 0.238. The first kappa shape index (κ1) is 18.5. The Hall–Kier alpha value is -2.85. The lowest BCUT2D eigenvalue weighted by Gasteiger charge is -2.09. The Morgan fingerprint density at radius 3 is 2.48 bits per heavy atom. The largest absolute Gasteiger partial charge is 0.393 e. The first-order chi connectivity index (χ1) is 11.8. The van der Waals surface area contributed by atoms with Crippen LogP contribution in [-0.4, -0.2) is 33.6 Å². The summed E-state index contributed by atoms with van der Waals surface area (Å²) in [6.07, 6.45) is 0. The number of rotatable bonds is 8. The molecule has 25 heavy (non-hydrogen) atoms. The molecule has 2 aromatic rings. The summed E-state index contributed by atoms with van der Waals surface area (Å²) >= 11 is 0. The van der Waals surface area contributed by atoms with Gasteiger partial charge in [-0.2, -0.15) is 8.42 Å². The lowest BCUT2D eigenvalue weighted by molar-refractivity contribution is -0.383. The third kappa shape index (κ3) is 4.81. The van der Waals surface area contributed by atoms with Crippen LogP contribution >= 0.6 is 0 Å². The lowest BCUT2D eigenvalue weighted by atomic mass is 10.2. The molecule has 2 aromatic carbocycles. The third-order valence-corrected chi connectivity index (χ3v) is 4.44. The van der Waals surface area contributed by atoms with Crippen molar-refractivity contribution in [1.29, 1.82) is 0 Å². The molecule has 0 atom stereocenters. The van der Waals surface area contributed by atoms with Crippen molar-refractivity contribution in [2.45, 2.75) is 4.90 Å². The summed E-state index contributed by atoms with van der Waals surface area (Å²) < 4.78 is 34.4. The Balaban J connectivity index is 2.16. The Morgan fingerprint density at radius 2 is 1.88 bits per heavy atom. The second kappa shape index (κ2) is 7.81. The number of nitrogens with two attached hydrogens (primary N) is 1. The van der Waals surface area contributed by atoms with Crippen LogP contribution in [0.5, 0.6) is 5.75 Å². The molecule has 0 heterocycles. The number of nitro groups is 1. The molecule has 3 N–H and O–H groups in total. The van der Waals surface area contributed by atoms with Crippen LogP contribution in [0.2, 0.25) is 0 Å². The van der Waals surface area contributed by atoms with Crippen LogP contribution < -0.4 is 15.2 Å². The Labute approximate surface area is 144 Å². The minimum atomic E-state index is -4.13. The summed E-state index contributed by atoms with van der Waals surface area (Å²) in [5.74, 6) is -0.191. The number of hydrogen-bond acceptors (Lipinski definition) is 8. The van der Waals surface area contributed by atoms with E-state index in [2.05, 4.69) is 5.32 Å². The van der Waals surface area contributed by atoms with Gasteiger partial charge in [-0.15, -0.1) is 0 Å². The number of nitrogen functional groups attached to an aromatic ring is 1. The van der Waals surface area contributed by atoms with E-state index in [1.165, 1.54) is 24.3 Å². The van der Waals surface area contributed by atoms with Gasteiger partial charge in [0.05, 0.1) is 17.6 Å². The van der Waals surface area contributed by atoms with E-state index in [9.17, 15) is 18.5 Å². The fourth-order valence-electron chi connectivity index (χ4n) is 1.95. The van der Waals surface area contributed by atoms with E-state index < -0.39 is 20.7 Å². The van der Waals surface area contributed by atoms with Crippen molar-refractivity contribution in [3.05, 3.63) is 52.6 Å². The summed E-state index contributed by atoms with van der Waals surface area (Å²) in [5, 5.41) is 13.9. The zero-order valence-electron chi connectivity index (χ0n) is 13.3. The van der Waals surface area contributed by atoms with Crippen LogP contribution in [0.4, 0.5) is 17.1 Å². The van der Waals surface area contributed by atoms with Gasteiger partial charge in [0.25, 0.3) is 5.69 Å². The zero-order chi connectivity index (χ0) is 18.4. The standard InChI is InChI=1S/C15H17N3O6S/c1-23-9-8-17-11-2-5-13(6-3-11)25(21,22)24-12-4-7-14(16)15(10-12)18(19)20/h2-7,10,17H,8-9,16H2,1H3. The van der Waals surface area contributed by atoms with Crippen molar-refractivity contribution in [1.82, 2.24) is 0 Å². The second-order valence-electron chi connectivity index (χ2n) is 4.96. The molecule has 0 aliphatic heterocycles. The van der Waals surface area contributed by atoms with Crippen molar-refractivity contribution < 1.29 is 22.3 Å². The summed E-state index contributed by atoms with van der Waals surface area (Å²) in [6.45, 7) is 1.09. The Morgan fingerprint density at radius 1 is 1.20 bits per heavy atom. The minimum Gasteiger partial charge on any atom is -0.393 e. The van der Waals surface area contributed by atoms with Gasteiger partial charge in [0.1, 0.15) is 16.3 Å². The number of ether oxygens (including phenoxy) is 1. The van der Waals surface area contributed by atoms with Gasteiger partial charge in [-0.1, -0.05) is 0 Å². The van der Waals surface area contributed by atoms with E-state index in [1.807, 2.05) is 0 Å². The molecule has 10 heteroatoms. The molecule has 9 nitrogen and oxygen atoms in total. The van der Waals surface area contributed by atoms with Crippen LogP contribution in [-0.2, 0) is 14.9 Å². The van der Waals surface area contributed by atoms with Gasteiger partial charge in [0.2, 0.25) is 0 Å². The van der Waals surface area contributed by atoms with Gasteiger partial charge in [-0.25, -0.2) is 0 Å². The Bertz CT molecular complexity index is 852. The maximum absolute atomic E-state index is 12.3. The zero-order valence-corrected chi connectivity index (χ0v) is 14.2. The molecule has 0 aliphatic rings. The highest BCUT2D eigenvalue weighted by Gasteiger charge is 2.19. The highest BCUT2D eigenvalue weighted by atomic mass is 32.2. The second-order valence-corrected chi connectivity index (χ2v) is 6.51. The van der Waals surface area contributed by atoms with Crippen LogP contribution in [0.3, 0.4) is 0 Å². The topological polar surface area (TPSA) is 134 Å². The van der Waals surface area contributed by atoms with Crippen molar-refractivity contribution >= 4 is 27.2 Å². The molecule has 0 saturated carbocycles. The predicted molar refractivity (Wildman–Crippen MR) is 92.1 cm³/mol. The minimum absolute atomic E-state index is 0.0794. The molecule has 0 radical (unpaired) electrons. The van der Waals surface area contributed by atoms with E-state index >= 15 is 0 Å². The monoisotopic (exact) mass is 367 g/mol. The van der Waals surface area contributed by atoms with Crippen molar-refractivity contribution in [2.75, 3.05) is 31.3 Å². The average molecular weight is 367 g/mol. The smallest absolute Gasteiger partial charge is 0.339 e. The normalized spacial score (nSPS) is 11.1. The molecule has 0 spiro atoms. The highest BCUT2D eigenvalue weighted by molar-refractivity contribution is 7.87. The SMILES string of the molecule is COCCNc1ccc(S(=O)(=O)Oc2ccc(N)c([N+](=O)[O-])c2)cc1. The number of nitrogens with zero attached hydrogens (tertiary/aromatic N) is 1. The first-order valence-corrected chi connectivity index (χ1v) is 8.55. The molecule has 0 aromatic heterocycles. The Kier molecular flexibility index (Phi) is 5.78. The number of benzene rings is 2. The van der Waals surface area contributed by atoms with E-state index in [0.717, 1.165) is 11.8 Å². The van der Waals surface area contributed by atoms with Crippen molar-refractivity contribution in [2.24, 2.45) is 0 Å². The summed E-state index contributed by atoms with van der Waals surface area (Å²) in [5.41, 5.74) is 5.68. The number of nitro benzene ring substituents is 1. The van der Waals surface area contributed by atoms with Gasteiger partial charge in [0, 0.05) is 19.3 Å². The molecule has 134 valence electrons. The molecule has 2 rings (SSSR count). The molecule has 0 aliphatic carbocycles. The molecule has 0 bridgehead atoms.